The second-order valence-electron chi connectivity index (χ2n) is 6.12. The highest BCUT2D eigenvalue weighted by Gasteiger charge is 2.48. The topological polar surface area (TPSA) is 32.3 Å². The maximum Gasteiger partial charge on any atom is 0.239 e. The molecule has 1 N–H and O–H groups in total. The van der Waals surface area contributed by atoms with Gasteiger partial charge in [0.15, 0.2) is 0 Å². The van der Waals surface area contributed by atoms with Crippen LogP contribution in [0, 0.1) is 17.8 Å². The molecule has 17 heavy (non-hydrogen) atoms. The van der Waals surface area contributed by atoms with Crippen LogP contribution < -0.4 is 5.32 Å². The molecule has 3 heteroatoms. The van der Waals surface area contributed by atoms with Gasteiger partial charge in [-0.05, 0) is 63.3 Å². The average molecular weight is 236 g/mol. The Labute approximate surface area is 104 Å². The first-order valence-corrected chi connectivity index (χ1v) is 7.25. The number of likely N-dealkylation sites (tertiary alicyclic amines) is 1. The fraction of sp³-hybridized carbons (Fsp3) is 0.929. The molecule has 3 fully saturated rings. The molecule has 0 aromatic carbocycles. The molecule has 0 bridgehead atoms. The molecule has 0 aromatic rings. The summed E-state index contributed by atoms with van der Waals surface area (Å²) < 4.78 is 0. The second-order valence-corrected chi connectivity index (χ2v) is 6.12. The first-order chi connectivity index (χ1) is 8.29. The highest BCUT2D eigenvalue weighted by atomic mass is 16.2. The number of carbonyl (C=O) groups is 1. The highest BCUT2D eigenvalue weighted by Crippen LogP contribution is 2.55. The fourth-order valence-electron chi connectivity index (χ4n) is 3.89. The van der Waals surface area contributed by atoms with Gasteiger partial charge in [0.1, 0.15) is 0 Å². The van der Waals surface area contributed by atoms with Gasteiger partial charge in [-0.15, -0.1) is 0 Å². The molecule has 0 aromatic heterocycles. The summed E-state index contributed by atoms with van der Waals surface area (Å²) in [5, 5.41) is 3.18. The minimum Gasteiger partial charge on any atom is -0.341 e. The van der Waals surface area contributed by atoms with Gasteiger partial charge in [-0.2, -0.15) is 0 Å². The molecule has 3 aliphatic rings. The first-order valence-electron chi connectivity index (χ1n) is 7.25. The van der Waals surface area contributed by atoms with E-state index in [1.807, 2.05) is 7.05 Å². The van der Waals surface area contributed by atoms with Gasteiger partial charge in [0.2, 0.25) is 5.91 Å². The van der Waals surface area contributed by atoms with Crippen molar-refractivity contribution < 1.29 is 4.79 Å². The van der Waals surface area contributed by atoms with Crippen molar-refractivity contribution in [2.75, 3.05) is 20.1 Å². The number of nitrogens with one attached hydrogen (secondary N) is 1. The predicted molar refractivity (Wildman–Crippen MR) is 67.6 cm³/mol. The van der Waals surface area contributed by atoms with E-state index in [0.717, 1.165) is 37.3 Å². The monoisotopic (exact) mass is 236 g/mol. The van der Waals surface area contributed by atoms with Crippen molar-refractivity contribution in [1.82, 2.24) is 10.2 Å². The lowest BCUT2D eigenvalue weighted by Crippen LogP contribution is -2.45. The summed E-state index contributed by atoms with van der Waals surface area (Å²) in [6.07, 6.45) is 7.62. The molecule has 4 atom stereocenters. The molecule has 2 saturated carbocycles. The van der Waals surface area contributed by atoms with Gasteiger partial charge in [-0.3, -0.25) is 4.79 Å². The van der Waals surface area contributed by atoms with Crippen LogP contribution in [0.3, 0.4) is 0 Å². The van der Waals surface area contributed by atoms with Crippen molar-refractivity contribution in [1.29, 1.82) is 0 Å². The number of likely N-dealkylation sites (N-methyl/N-ethyl adjacent to an activating group) is 1. The minimum atomic E-state index is 0.0777. The van der Waals surface area contributed by atoms with E-state index in [4.69, 9.17) is 0 Å². The lowest BCUT2D eigenvalue weighted by atomic mass is 10.0. The van der Waals surface area contributed by atoms with Crippen LogP contribution in [0.15, 0.2) is 0 Å². The summed E-state index contributed by atoms with van der Waals surface area (Å²) in [6.45, 7) is 2.03. The summed E-state index contributed by atoms with van der Waals surface area (Å²) in [6, 6.07) is 0.0777. The van der Waals surface area contributed by atoms with Crippen molar-refractivity contribution in [3.05, 3.63) is 0 Å². The number of hydrogen-bond acceptors (Lipinski definition) is 2. The summed E-state index contributed by atoms with van der Waals surface area (Å²) in [7, 11) is 1.92. The van der Waals surface area contributed by atoms with Gasteiger partial charge in [0.25, 0.3) is 0 Å². The van der Waals surface area contributed by atoms with Crippen LogP contribution in [0.5, 0.6) is 0 Å². The van der Waals surface area contributed by atoms with Crippen LogP contribution in [0.2, 0.25) is 0 Å². The summed E-state index contributed by atoms with van der Waals surface area (Å²) in [5.41, 5.74) is 0. The Morgan fingerprint density at radius 1 is 1.29 bits per heavy atom. The Kier molecular flexibility index (Phi) is 3.12. The zero-order valence-corrected chi connectivity index (χ0v) is 10.8. The van der Waals surface area contributed by atoms with E-state index in [1.165, 1.54) is 32.1 Å². The Balaban J connectivity index is 1.61. The molecule has 2 aliphatic carbocycles. The first kappa shape index (κ1) is 11.5. The molecule has 1 heterocycles. The third-order valence-corrected chi connectivity index (χ3v) is 5.07. The van der Waals surface area contributed by atoms with E-state index < -0.39 is 0 Å². The number of nitrogens with zero attached hydrogens (tertiary/aromatic N) is 1. The predicted octanol–water partition coefficient (Wildman–Crippen LogP) is 1.63. The minimum absolute atomic E-state index is 0.0777. The summed E-state index contributed by atoms with van der Waals surface area (Å²) >= 11 is 0. The van der Waals surface area contributed by atoms with Gasteiger partial charge < -0.3 is 10.2 Å². The molecule has 3 nitrogen and oxygen atoms in total. The quantitative estimate of drug-likeness (QED) is 0.808. The van der Waals surface area contributed by atoms with E-state index in [2.05, 4.69) is 10.2 Å². The fourth-order valence-corrected chi connectivity index (χ4v) is 3.89. The van der Waals surface area contributed by atoms with E-state index in [1.54, 1.807) is 0 Å². The van der Waals surface area contributed by atoms with Crippen molar-refractivity contribution in [3.63, 3.8) is 0 Å². The summed E-state index contributed by atoms with van der Waals surface area (Å²) in [5.74, 6) is 3.18. The van der Waals surface area contributed by atoms with Gasteiger partial charge >= 0.3 is 0 Å². The number of fused-ring (bicyclic) bond motifs is 1. The number of rotatable bonds is 3. The maximum absolute atomic E-state index is 12.3. The lowest BCUT2D eigenvalue weighted by molar-refractivity contribution is -0.133. The molecule has 0 radical (unpaired) electrons. The van der Waals surface area contributed by atoms with Gasteiger partial charge in [-0.1, -0.05) is 0 Å². The molecule has 1 amide bonds. The van der Waals surface area contributed by atoms with Gasteiger partial charge in [-0.25, -0.2) is 0 Å². The smallest absolute Gasteiger partial charge is 0.239 e. The largest absolute Gasteiger partial charge is 0.341 e. The number of amides is 1. The Morgan fingerprint density at radius 3 is 2.82 bits per heavy atom. The van der Waals surface area contributed by atoms with Crippen molar-refractivity contribution in [2.45, 2.75) is 44.6 Å². The molecule has 96 valence electrons. The van der Waals surface area contributed by atoms with E-state index in [9.17, 15) is 4.79 Å². The van der Waals surface area contributed by atoms with E-state index >= 15 is 0 Å². The molecular weight excluding hydrogens is 212 g/mol. The van der Waals surface area contributed by atoms with E-state index in [0.29, 0.717) is 5.91 Å². The van der Waals surface area contributed by atoms with Crippen LogP contribution in [0.4, 0.5) is 0 Å². The number of hydrogen-bond donors (Lipinski definition) is 1. The standard InChI is InChI=1S/C14H24N2O/c1-15-13-4-2-3-7-16(14(13)17)9-11-6-5-10-8-12(10)11/h10-13,15H,2-9H2,1H3. The van der Waals surface area contributed by atoms with E-state index in [-0.39, 0.29) is 6.04 Å². The van der Waals surface area contributed by atoms with Crippen LogP contribution in [-0.4, -0.2) is 37.0 Å². The molecule has 0 spiro atoms. The third kappa shape index (κ3) is 2.22. The normalized spacial score (nSPS) is 41.2. The SMILES string of the molecule is CNC1CCCCN(CC2CCC3CC32)C1=O. The molecule has 4 unspecified atom stereocenters. The highest BCUT2D eigenvalue weighted by molar-refractivity contribution is 5.82. The third-order valence-electron chi connectivity index (χ3n) is 5.07. The Morgan fingerprint density at radius 2 is 2.18 bits per heavy atom. The van der Waals surface area contributed by atoms with Crippen LogP contribution >= 0.6 is 0 Å². The summed E-state index contributed by atoms with van der Waals surface area (Å²) in [4.78, 5) is 14.5. The Bertz CT molecular complexity index is 305. The van der Waals surface area contributed by atoms with Crippen LogP contribution in [0.1, 0.15) is 38.5 Å². The molecule has 3 rings (SSSR count). The van der Waals surface area contributed by atoms with Crippen molar-refractivity contribution in [3.8, 4) is 0 Å². The van der Waals surface area contributed by atoms with Gasteiger partial charge in [0.05, 0.1) is 6.04 Å². The van der Waals surface area contributed by atoms with Crippen LogP contribution in [0.25, 0.3) is 0 Å². The second kappa shape index (κ2) is 4.60. The molecule has 1 saturated heterocycles. The zero-order chi connectivity index (χ0) is 11.8. The van der Waals surface area contributed by atoms with Crippen LogP contribution in [-0.2, 0) is 4.79 Å². The van der Waals surface area contributed by atoms with Crippen molar-refractivity contribution in [2.24, 2.45) is 17.8 Å². The lowest BCUT2D eigenvalue weighted by Gasteiger charge is -2.27. The van der Waals surface area contributed by atoms with Gasteiger partial charge in [0, 0.05) is 13.1 Å². The average Bonchev–Trinajstić information content (AvgIpc) is 3.05. The number of carbonyl (C=O) groups excluding carboxylic acids is 1. The molecule has 1 aliphatic heterocycles. The van der Waals surface area contributed by atoms with Crippen molar-refractivity contribution >= 4 is 5.91 Å². The maximum atomic E-state index is 12.3. The molecular formula is C14H24N2O. The zero-order valence-electron chi connectivity index (χ0n) is 10.8. The Hall–Kier alpha value is -0.570.